The summed E-state index contributed by atoms with van der Waals surface area (Å²) < 4.78 is 6.10. The third-order valence-electron chi connectivity index (χ3n) is 3.36. The zero-order chi connectivity index (χ0) is 19.1. The van der Waals surface area contributed by atoms with E-state index in [0.717, 1.165) is 16.6 Å². The Kier molecular flexibility index (Phi) is 7.43. The van der Waals surface area contributed by atoms with Crippen molar-refractivity contribution in [3.63, 3.8) is 0 Å². The summed E-state index contributed by atoms with van der Waals surface area (Å²) >= 11 is 3.18. The Labute approximate surface area is 160 Å². The van der Waals surface area contributed by atoms with E-state index in [-0.39, 0.29) is 17.9 Å². The van der Waals surface area contributed by atoms with E-state index in [0.29, 0.717) is 17.1 Å². The number of aromatic carboxylic acids is 1. The molecule has 0 bridgehead atoms. The second-order valence-corrected chi connectivity index (χ2v) is 7.90. The molecule has 1 heterocycles. The molecule has 0 saturated heterocycles. The predicted octanol–water partition coefficient (Wildman–Crippen LogP) is 2.68. The molecule has 0 spiro atoms. The summed E-state index contributed by atoms with van der Waals surface area (Å²) in [5.74, 6) is -0.00436. The normalized spacial score (nSPS) is 10.8. The number of anilines is 1. The van der Waals surface area contributed by atoms with Crippen LogP contribution in [0.1, 0.15) is 16.1 Å². The maximum Gasteiger partial charge on any atom is 0.335 e. The van der Waals surface area contributed by atoms with Crippen LogP contribution in [0.25, 0.3) is 0 Å². The summed E-state index contributed by atoms with van der Waals surface area (Å²) in [6.45, 7) is 0.958. The number of thiazole rings is 1. The molecule has 26 heavy (non-hydrogen) atoms. The van der Waals surface area contributed by atoms with Crippen LogP contribution in [0.3, 0.4) is 0 Å². The fourth-order valence-electron chi connectivity index (χ4n) is 2.05. The van der Waals surface area contributed by atoms with Gasteiger partial charge >= 0.3 is 5.97 Å². The van der Waals surface area contributed by atoms with Crippen molar-refractivity contribution in [2.24, 2.45) is 0 Å². The summed E-state index contributed by atoms with van der Waals surface area (Å²) in [6, 6.07) is 4.32. The van der Waals surface area contributed by atoms with Gasteiger partial charge in [-0.15, -0.1) is 11.3 Å². The van der Waals surface area contributed by atoms with Crippen LogP contribution in [0, 0.1) is 0 Å². The predicted molar refractivity (Wildman–Crippen MR) is 104 cm³/mol. The van der Waals surface area contributed by atoms with Crippen LogP contribution in [-0.4, -0.2) is 60.4 Å². The van der Waals surface area contributed by atoms with E-state index in [9.17, 15) is 9.59 Å². The zero-order valence-corrected chi connectivity index (χ0v) is 16.4. The number of carboxylic acids is 1. The molecule has 0 radical (unpaired) electrons. The Bertz CT molecular complexity index is 777. The van der Waals surface area contributed by atoms with Crippen molar-refractivity contribution in [2.75, 3.05) is 38.8 Å². The first-order valence-electron chi connectivity index (χ1n) is 7.82. The number of amides is 1. The number of carboxylic acid groups (broad SMARTS) is 1. The molecule has 1 aromatic carbocycles. The standard InChI is InChI=1S/C17H21N3O4S2/c1-20(2)6-7-25-17-18-12(10-26-17)9-15(21)19-13-8-11(16(22)23)4-5-14(13)24-3/h4-5,8,10H,6-7,9H2,1-3H3,(H,19,21)(H,22,23). The first-order chi connectivity index (χ1) is 12.4. The van der Waals surface area contributed by atoms with Gasteiger partial charge in [0.15, 0.2) is 0 Å². The van der Waals surface area contributed by atoms with Crippen LogP contribution in [0.2, 0.25) is 0 Å². The number of aromatic nitrogens is 1. The summed E-state index contributed by atoms with van der Waals surface area (Å²) in [4.78, 5) is 29.9. The van der Waals surface area contributed by atoms with Gasteiger partial charge in [0.2, 0.25) is 5.91 Å². The number of thioether (sulfide) groups is 1. The number of carbonyl (C=O) groups is 2. The average Bonchev–Trinajstić information content (AvgIpc) is 3.01. The van der Waals surface area contributed by atoms with Crippen molar-refractivity contribution in [3.8, 4) is 5.75 Å². The molecule has 0 saturated carbocycles. The van der Waals surface area contributed by atoms with E-state index in [2.05, 4.69) is 15.2 Å². The molecule has 2 aromatic rings. The van der Waals surface area contributed by atoms with Crippen LogP contribution < -0.4 is 10.1 Å². The van der Waals surface area contributed by atoms with Crippen molar-refractivity contribution in [1.29, 1.82) is 0 Å². The van der Waals surface area contributed by atoms with E-state index in [1.54, 1.807) is 11.8 Å². The van der Waals surface area contributed by atoms with Crippen LogP contribution in [0.15, 0.2) is 27.9 Å². The van der Waals surface area contributed by atoms with Crippen molar-refractivity contribution >= 4 is 40.7 Å². The lowest BCUT2D eigenvalue weighted by atomic mass is 10.2. The number of methoxy groups -OCH3 is 1. The van der Waals surface area contributed by atoms with Crippen molar-refractivity contribution in [1.82, 2.24) is 9.88 Å². The van der Waals surface area contributed by atoms with Gasteiger partial charge in [-0.1, -0.05) is 11.8 Å². The van der Waals surface area contributed by atoms with Gasteiger partial charge in [0.1, 0.15) is 10.1 Å². The van der Waals surface area contributed by atoms with Gasteiger partial charge in [0.05, 0.1) is 30.5 Å². The highest BCUT2D eigenvalue weighted by atomic mass is 32.2. The molecule has 0 aliphatic rings. The summed E-state index contributed by atoms with van der Waals surface area (Å²) in [5, 5.41) is 13.6. The van der Waals surface area contributed by atoms with Crippen molar-refractivity contribution in [2.45, 2.75) is 10.8 Å². The Morgan fingerprint density at radius 2 is 2.15 bits per heavy atom. The topological polar surface area (TPSA) is 91.8 Å². The molecular formula is C17H21N3O4S2. The van der Waals surface area contributed by atoms with Crippen LogP contribution in [-0.2, 0) is 11.2 Å². The fourth-order valence-corrected chi connectivity index (χ4v) is 4.07. The molecule has 0 unspecified atom stereocenters. The van der Waals surface area contributed by atoms with Crippen LogP contribution >= 0.6 is 23.1 Å². The molecule has 140 valence electrons. The quantitative estimate of drug-likeness (QED) is 0.631. The largest absolute Gasteiger partial charge is 0.495 e. The van der Waals surface area contributed by atoms with E-state index in [1.165, 1.54) is 36.6 Å². The lowest BCUT2D eigenvalue weighted by Crippen LogP contribution is -2.16. The summed E-state index contributed by atoms with van der Waals surface area (Å²) in [5.41, 5.74) is 1.09. The zero-order valence-electron chi connectivity index (χ0n) is 14.8. The minimum absolute atomic E-state index is 0.0781. The third-order valence-corrected chi connectivity index (χ3v) is 5.41. The Balaban J connectivity index is 1.97. The molecule has 1 amide bonds. The second kappa shape index (κ2) is 9.56. The second-order valence-electron chi connectivity index (χ2n) is 5.70. The highest BCUT2D eigenvalue weighted by Crippen LogP contribution is 2.26. The number of rotatable bonds is 9. The van der Waals surface area contributed by atoms with Gasteiger partial charge in [-0.05, 0) is 32.3 Å². The molecule has 7 nitrogen and oxygen atoms in total. The van der Waals surface area contributed by atoms with Crippen LogP contribution in [0.4, 0.5) is 5.69 Å². The Morgan fingerprint density at radius 1 is 1.38 bits per heavy atom. The molecular weight excluding hydrogens is 374 g/mol. The molecule has 1 aromatic heterocycles. The maximum absolute atomic E-state index is 12.3. The van der Waals surface area contributed by atoms with Gasteiger partial charge in [0.25, 0.3) is 0 Å². The first-order valence-corrected chi connectivity index (χ1v) is 9.68. The maximum atomic E-state index is 12.3. The lowest BCUT2D eigenvalue weighted by Gasteiger charge is -2.10. The van der Waals surface area contributed by atoms with Gasteiger partial charge in [-0.25, -0.2) is 9.78 Å². The molecule has 9 heteroatoms. The number of nitrogens with zero attached hydrogens (tertiary/aromatic N) is 2. The number of nitrogens with one attached hydrogen (secondary N) is 1. The Hall–Kier alpha value is -2.10. The van der Waals surface area contributed by atoms with Crippen molar-refractivity contribution < 1.29 is 19.4 Å². The first kappa shape index (κ1) is 20.2. The SMILES string of the molecule is COc1ccc(C(=O)O)cc1NC(=O)Cc1csc(SCCN(C)C)n1. The van der Waals surface area contributed by atoms with Gasteiger partial charge in [-0.3, -0.25) is 4.79 Å². The highest BCUT2D eigenvalue weighted by Gasteiger charge is 2.13. The molecule has 2 N–H and O–H groups in total. The van der Waals surface area contributed by atoms with Crippen molar-refractivity contribution in [3.05, 3.63) is 34.8 Å². The molecule has 0 fully saturated rings. The smallest absolute Gasteiger partial charge is 0.335 e. The van der Waals surface area contributed by atoms with Gasteiger partial charge in [0, 0.05) is 17.7 Å². The number of hydrogen-bond donors (Lipinski definition) is 2. The molecule has 0 atom stereocenters. The minimum Gasteiger partial charge on any atom is -0.495 e. The molecule has 0 aliphatic carbocycles. The van der Waals surface area contributed by atoms with Gasteiger partial charge in [-0.2, -0.15) is 0 Å². The van der Waals surface area contributed by atoms with E-state index < -0.39 is 5.97 Å². The van der Waals surface area contributed by atoms with E-state index in [4.69, 9.17) is 9.84 Å². The Morgan fingerprint density at radius 3 is 2.81 bits per heavy atom. The fraction of sp³-hybridized carbons (Fsp3) is 0.353. The van der Waals surface area contributed by atoms with Gasteiger partial charge < -0.3 is 20.1 Å². The number of hydrogen-bond acceptors (Lipinski definition) is 7. The third kappa shape index (κ3) is 6.01. The summed E-state index contributed by atoms with van der Waals surface area (Å²) in [6.07, 6.45) is 0.116. The average molecular weight is 396 g/mol. The van der Waals surface area contributed by atoms with Crippen LogP contribution in [0.5, 0.6) is 5.75 Å². The molecule has 2 rings (SSSR count). The lowest BCUT2D eigenvalue weighted by molar-refractivity contribution is -0.115. The monoisotopic (exact) mass is 395 g/mol. The number of ether oxygens (including phenoxy) is 1. The molecule has 0 aliphatic heterocycles. The number of carbonyl (C=O) groups excluding carboxylic acids is 1. The highest BCUT2D eigenvalue weighted by molar-refractivity contribution is 8.01. The van der Waals surface area contributed by atoms with E-state index in [1.807, 2.05) is 19.5 Å². The summed E-state index contributed by atoms with van der Waals surface area (Å²) in [7, 11) is 5.50. The minimum atomic E-state index is -1.07. The van der Waals surface area contributed by atoms with E-state index >= 15 is 0 Å². The number of benzene rings is 1.